The van der Waals surface area contributed by atoms with E-state index in [4.69, 9.17) is 4.74 Å². The summed E-state index contributed by atoms with van der Waals surface area (Å²) < 4.78 is 5.93. The highest BCUT2D eigenvalue weighted by molar-refractivity contribution is 5.03. The molecule has 3 atom stereocenters. The zero-order valence-corrected chi connectivity index (χ0v) is 11.6. The van der Waals surface area contributed by atoms with Crippen molar-refractivity contribution >= 4 is 0 Å². The van der Waals surface area contributed by atoms with Crippen molar-refractivity contribution in [2.24, 2.45) is 0 Å². The minimum Gasteiger partial charge on any atom is -0.387 e. The van der Waals surface area contributed by atoms with Crippen molar-refractivity contribution in [3.05, 3.63) is 24.3 Å². The second-order valence-corrected chi connectivity index (χ2v) is 5.84. The SMILES string of the molecule is C=C[C@]1(C)CC[C@H]([C@](C)(O)CCC=C(C)C)O1. The normalized spacial score (nSPS) is 31.9. The highest BCUT2D eigenvalue weighted by Crippen LogP contribution is 2.37. The summed E-state index contributed by atoms with van der Waals surface area (Å²) in [6, 6.07) is 0. The van der Waals surface area contributed by atoms with Crippen LogP contribution in [-0.2, 0) is 4.74 Å². The highest BCUT2D eigenvalue weighted by atomic mass is 16.5. The van der Waals surface area contributed by atoms with Crippen LogP contribution in [-0.4, -0.2) is 22.4 Å². The zero-order valence-electron chi connectivity index (χ0n) is 11.6. The average molecular weight is 238 g/mol. The molecule has 0 radical (unpaired) electrons. The van der Waals surface area contributed by atoms with Gasteiger partial charge < -0.3 is 9.84 Å². The fourth-order valence-electron chi connectivity index (χ4n) is 2.26. The van der Waals surface area contributed by atoms with E-state index in [1.807, 2.05) is 19.9 Å². The van der Waals surface area contributed by atoms with Crippen molar-refractivity contribution in [1.29, 1.82) is 0 Å². The number of hydrogen-bond acceptors (Lipinski definition) is 2. The first-order valence-electron chi connectivity index (χ1n) is 6.46. The van der Waals surface area contributed by atoms with Crippen LogP contribution in [0.4, 0.5) is 0 Å². The van der Waals surface area contributed by atoms with Gasteiger partial charge in [0.2, 0.25) is 0 Å². The summed E-state index contributed by atoms with van der Waals surface area (Å²) in [7, 11) is 0. The van der Waals surface area contributed by atoms with Crippen molar-refractivity contribution in [1.82, 2.24) is 0 Å². The molecule has 1 heterocycles. The molecule has 0 aliphatic carbocycles. The number of rotatable bonds is 5. The van der Waals surface area contributed by atoms with Crippen molar-refractivity contribution in [3.8, 4) is 0 Å². The molecule has 0 unspecified atom stereocenters. The molecule has 1 saturated heterocycles. The summed E-state index contributed by atoms with van der Waals surface area (Å²) in [5.74, 6) is 0. The van der Waals surface area contributed by atoms with E-state index in [2.05, 4.69) is 26.5 Å². The van der Waals surface area contributed by atoms with Gasteiger partial charge in [0.05, 0.1) is 17.3 Å². The quantitative estimate of drug-likeness (QED) is 0.741. The molecule has 0 bridgehead atoms. The molecule has 0 spiro atoms. The Morgan fingerprint density at radius 1 is 1.59 bits per heavy atom. The third-order valence-electron chi connectivity index (χ3n) is 3.64. The molecule has 98 valence electrons. The molecular weight excluding hydrogens is 212 g/mol. The Balaban J connectivity index is 2.54. The molecule has 0 saturated carbocycles. The van der Waals surface area contributed by atoms with Crippen LogP contribution < -0.4 is 0 Å². The van der Waals surface area contributed by atoms with E-state index in [9.17, 15) is 5.11 Å². The molecule has 0 aromatic rings. The Kier molecular flexibility index (Phi) is 4.56. The van der Waals surface area contributed by atoms with Crippen LogP contribution in [0, 0.1) is 0 Å². The van der Waals surface area contributed by atoms with Gasteiger partial charge in [-0.05, 0) is 53.4 Å². The van der Waals surface area contributed by atoms with E-state index in [1.165, 1.54) is 5.57 Å². The maximum atomic E-state index is 10.5. The van der Waals surface area contributed by atoms with Crippen LogP contribution in [0.2, 0.25) is 0 Å². The lowest BCUT2D eigenvalue weighted by atomic mass is 9.90. The maximum Gasteiger partial charge on any atom is 0.0883 e. The van der Waals surface area contributed by atoms with E-state index >= 15 is 0 Å². The smallest absolute Gasteiger partial charge is 0.0883 e. The van der Waals surface area contributed by atoms with Crippen molar-refractivity contribution in [2.45, 2.75) is 70.7 Å². The molecule has 2 nitrogen and oxygen atoms in total. The monoisotopic (exact) mass is 238 g/mol. The van der Waals surface area contributed by atoms with E-state index < -0.39 is 5.60 Å². The first-order chi connectivity index (χ1) is 7.79. The lowest BCUT2D eigenvalue weighted by Gasteiger charge is -2.31. The molecule has 2 heteroatoms. The van der Waals surface area contributed by atoms with Crippen molar-refractivity contribution in [2.75, 3.05) is 0 Å². The number of ether oxygens (including phenoxy) is 1. The molecule has 1 aliphatic heterocycles. The van der Waals surface area contributed by atoms with Crippen LogP contribution in [0.15, 0.2) is 24.3 Å². The fraction of sp³-hybridized carbons (Fsp3) is 0.733. The molecule has 1 rings (SSSR count). The van der Waals surface area contributed by atoms with Crippen LogP contribution in [0.1, 0.15) is 53.4 Å². The lowest BCUT2D eigenvalue weighted by molar-refractivity contribution is -0.112. The van der Waals surface area contributed by atoms with Crippen LogP contribution in [0.25, 0.3) is 0 Å². The van der Waals surface area contributed by atoms with Gasteiger partial charge in [-0.2, -0.15) is 0 Å². The largest absolute Gasteiger partial charge is 0.387 e. The van der Waals surface area contributed by atoms with Gasteiger partial charge in [0.1, 0.15) is 0 Å². The summed E-state index contributed by atoms with van der Waals surface area (Å²) >= 11 is 0. The third-order valence-corrected chi connectivity index (χ3v) is 3.64. The summed E-state index contributed by atoms with van der Waals surface area (Å²) in [5, 5.41) is 10.5. The predicted octanol–water partition coefficient (Wildman–Crippen LogP) is 3.61. The van der Waals surface area contributed by atoms with E-state index in [-0.39, 0.29) is 11.7 Å². The van der Waals surface area contributed by atoms with Gasteiger partial charge in [-0.15, -0.1) is 6.58 Å². The Bertz CT molecular complexity index is 300. The molecule has 0 aromatic carbocycles. The zero-order chi connectivity index (χ0) is 13.1. The Morgan fingerprint density at radius 3 is 2.71 bits per heavy atom. The molecule has 1 N–H and O–H groups in total. The van der Waals surface area contributed by atoms with Gasteiger partial charge in [0.15, 0.2) is 0 Å². The number of hydrogen-bond donors (Lipinski definition) is 1. The molecule has 17 heavy (non-hydrogen) atoms. The molecular formula is C15H26O2. The summed E-state index contributed by atoms with van der Waals surface area (Å²) in [4.78, 5) is 0. The van der Waals surface area contributed by atoms with Gasteiger partial charge >= 0.3 is 0 Å². The van der Waals surface area contributed by atoms with Gasteiger partial charge in [-0.1, -0.05) is 17.7 Å². The Morgan fingerprint density at radius 2 is 2.24 bits per heavy atom. The lowest BCUT2D eigenvalue weighted by Crippen LogP contribution is -2.40. The Hall–Kier alpha value is -0.600. The first-order valence-corrected chi connectivity index (χ1v) is 6.46. The molecule has 0 aromatic heterocycles. The molecule has 0 amide bonds. The second kappa shape index (κ2) is 5.36. The standard InChI is InChI=1S/C15H26O2/c1-6-14(4)11-9-13(17-14)15(5,16)10-7-8-12(2)3/h6,8,13,16H,1,7,9-11H2,2-5H3/t13-,14-,15-/m1/s1. The van der Waals surface area contributed by atoms with E-state index in [0.29, 0.717) is 0 Å². The number of aliphatic hydroxyl groups is 1. The third kappa shape index (κ3) is 3.97. The van der Waals surface area contributed by atoms with Gasteiger partial charge in [0, 0.05) is 0 Å². The van der Waals surface area contributed by atoms with Gasteiger partial charge in [-0.25, -0.2) is 0 Å². The topological polar surface area (TPSA) is 29.5 Å². The fourth-order valence-corrected chi connectivity index (χ4v) is 2.26. The van der Waals surface area contributed by atoms with E-state index in [1.54, 1.807) is 0 Å². The van der Waals surface area contributed by atoms with Crippen LogP contribution in [0.3, 0.4) is 0 Å². The van der Waals surface area contributed by atoms with Crippen molar-refractivity contribution in [3.63, 3.8) is 0 Å². The van der Waals surface area contributed by atoms with Crippen LogP contribution in [0.5, 0.6) is 0 Å². The predicted molar refractivity (Wildman–Crippen MR) is 72.0 cm³/mol. The van der Waals surface area contributed by atoms with E-state index in [0.717, 1.165) is 25.7 Å². The number of allylic oxidation sites excluding steroid dienone is 2. The van der Waals surface area contributed by atoms with Gasteiger partial charge in [0.25, 0.3) is 0 Å². The maximum absolute atomic E-state index is 10.5. The van der Waals surface area contributed by atoms with Crippen LogP contribution >= 0.6 is 0 Å². The first kappa shape index (κ1) is 14.5. The second-order valence-electron chi connectivity index (χ2n) is 5.84. The summed E-state index contributed by atoms with van der Waals surface area (Å²) in [6.45, 7) is 11.9. The minimum absolute atomic E-state index is 0.0731. The molecule has 1 fully saturated rings. The van der Waals surface area contributed by atoms with Gasteiger partial charge in [-0.3, -0.25) is 0 Å². The summed E-state index contributed by atoms with van der Waals surface area (Å²) in [5.41, 5.74) is 0.293. The Labute approximate surface area is 105 Å². The minimum atomic E-state index is -0.743. The van der Waals surface area contributed by atoms with Crippen molar-refractivity contribution < 1.29 is 9.84 Å². The molecule has 1 aliphatic rings. The summed E-state index contributed by atoms with van der Waals surface area (Å²) in [6.07, 6.45) is 7.44. The average Bonchev–Trinajstić information content (AvgIpc) is 2.62. The highest BCUT2D eigenvalue weighted by Gasteiger charge is 2.42.